The maximum Gasteiger partial charge on any atom is 0.0813 e. The molecule has 2 N–H and O–H groups in total. The van der Waals surface area contributed by atoms with Gasteiger partial charge in [-0.2, -0.15) is 0 Å². The number of aliphatic hydroxyl groups excluding tert-OH is 2. The van der Waals surface area contributed by atoms with Crippen molar-refractivity contribution < 1.29 is 24.4 Å². The van der Waals surface area contributed by atoms with E-state index in [9.17, 15) is 5.11 Å². The van der Waals surface area contributed by atoms with Gasteiger partial charge in [0.2, 0.25) is 0 Å². The number of aliphatic hydroxyl groups is 2. The highest BCUT2D eigenvalue weighted by atomic mass is 16.6. The van der Waals surface area contributed by atoms with Crippen molar-refractivity contribution in [2.45, 2.75) is 44.2 Å². The zero-order valence-electron chi connectivity index (χ0n) is 10.2. The molecule has 4 atom stereocenters. The Balaban J connectivity index is 1.71. The third-order valence-corrected chi connectivity index (χ3v) is 3.29. The summed E-state index contributed by atoms with van der Waals surface area (Å²) < 4.78 is 15.8. The van der Waals surface area contributed by atoms with Gasteiger partial charge in [0.05, 0.1) is 50.8 Å². The summed E-state index contributed by atoms with van der Waals surface area (Å²) in [7, 11) is 0. The normalized spacial score (nSPS) is 31.9. The maximum atomic E-state index is 10.1. The number of epoxide rings is 2. The Morgan fingerprint density at radius 3 is 2.18 bits per heavy atom. The van der Waals surface area contributed by atoms with E-state index in [2.05, 4.69) is 0 Å². The van der Waals surface area contributed by atoms with Crippen LogP contribution in [0.25, 0.3) is 0 Å². The molecule has 0 radical (unpaired) electrons. The molecule has 0 aromatic carbocycles. The van der Waals surface area contributed by atoms with Gasteiger partial charge in [0.1, 0.15) is 0 Å². The van der Waals surface area contributed by atoms with Gasteiger partial charge in [-0.3, -0.25) is 0 Å². The lowest BCUT2D eigenvalue weighted by atomic mass is 9.92. The van der Waals surface area contributed by atoms with Crippen molar-refractivity contribution in [2.75, 3.05) is 26.4 Å². The third kappa shape index (κ3) is 4.89. The molecule has 2 heterocycles. The molecule has 5 heteroatoms. The van der Waals surface area contributed by atoms with Gasteiger partial charge in [0.15, 0.2) is 0 Å². The Morgan fingerprint density at radius 1 is 1.24 bits per heavy atom. The van der Waals surface area contributed by atoms with Crippen molar-refractivity contribution in [3.05, 3.63) is 0 Å². The molecule has 0 spiro atoms. The quantitative estimate of drug-likeness (QED) is 0.557. The van der Waals surface area contributed by atoms with Gasteiger partial charge >= 0.3 is 0 Å². The summed E-state index contributed by atoms with van der Waals surface area (Å²) >= 11 is 0. The van der Waals surface area contributed by atoms with Crippen LogP contribution >= 0.6 is 0 Å². The van der Waals surface area contributed by atoms with Crippen molar-refractivity contribution in [3.8, 4) is 0 Å². The first-order valence-electron chi connectivity index (χ1n) is 6.32. The molecule has 0 saturated carbocycles. The Bertz CT molecular complexity index is 213. The molecule has 0 aromatic rings. The third-order valence-electron chi connectivity index (χ3n) is 3.29. The van der Waals surface area contributed by atoms with Crippen LogP contribution in [0.2, 0.25) is 0 Å². The lowest BCUT2D eigenvalue weighted by Gasteiger charge is -2.23. The molecule has 2 aliphatic rings. The number of rotatable bonds is 9. The van der Waals surface area contributed by atoms with Crippen molar-refractivity contribution in [3.63, 3.8) is 0 Å². The molecular formula is C12H22O5. The predicted molar refractivity (Wildman–Crippen MR) is 60.7 cm³/mol. The van der Waals surface area contributed by atoms with Crippen LogP contribution in [-0.2, 0) is 14.2 Å². The zero-order valence-corrected chi connectivity index (χ0v) is 10.2. The van der Waals surface area contributed by atoms with Crippen LogP contribution in [0.3, 0.4) is 0 Å². The van der Waals surface area contributed by atoms with E-state index in [0.717, 1.165) is 26.1 Å². The van der Waals surface area contributed by atoms with E-state index < -0.39 is 6.10 Å². The highest BCUT2D eigenvalue weighted by Crippen LogP contribution is 2.29. The highest BCUT2D eigenvalue weighted by Gasteiger charge is 2.35. The minimum atomic E-state index is -0.502. The molecule has 2 fully saturated rings. The number of ether oxygens (including phenoxy) is 3. The van der Waals surface area contributed by atoms with E-state index in [1.165, 1.54) is 0 Å². The fourth-order valence-corrected chi connectivity index (χ4v) is 1.95. The van der Waals surface area contributed by atoms with Gasteiger partial charge in [0, 0.05) is 0 Å². The Hall–Kier alpha value is -0.200. The summed E-state index contributed by atoms with van der Waals surface area (Å²) in [6, 6.07) is 0. The van der Waals surface area contributed by atoms with Crippen LogP contribution in [0.15, 0.2) is 0 Å². The van der Waals surface area contributed by atoms with Crippen LogP contribution in [0.5, 0.6) is 0 Å². The van der Waals surface area contributed by atoms with Crippen LogP contribution in [-0.4, -0.2) is 61.1 Å². The van der Waals surface area contributed by atoms with Crippen molar-refractivity contribution in [2.24, 2.45) is 5.92 Å². The van der Waals surface area contributed by atoms with E-state index in [4.69, 9.17) is 19.3 Å². The van der Waals surface area contributed by atoms with Crippen LogP contribution in [0.4, 0.5) is 0 Å². The second-order valence-corrected chi connectivity index (χ2v) is 5.04. The number of hydrogen-bond acceptors (Lipinski definition) is 5. The molecule has 100 valence electrons. The summed E-state index contributed by atoms with van der Waals surface area (Å²) in [5, 5.41) is 18.9. The largest absolute Gasteiger partial charge is 0.394 e. The molecular weight excluding hydrogens is 224 g/mol. The SMILES string of the molecule is CC(CO)OCC(O)C(CC1CO1)CC1CO1. The second-order valence-electron chi connectivity index (χ2n) is 5.04. The summed E-state index contributed by atoms with van der Waals surface area (Å²) in [4.78, 5) is 0. The topological polar surface area (TPSA) is 74.8 Å². The Labute approximate surface area is 102 Å². The maximum absolute atomic E-state index is 10.1. The number of hydrogen-bond donors (Lipinski definition) is 2. The van der Waals surface area contributed by atoms with Gasteiger partial charge in [-0.15, -0.1) is 0 Å². The molecule has 2 aliphatic heterocycles. The van der Waals surface area contributed by atoms with Crippen molar-refractivity contribution in [1.82, 2.24) is 0 Å². The standard InChI is InChI=1S/C12H22O5/c1-8(4-13)15-7-12(14)9(2-10-5-16-10)3-11-6-17-11/h8-14H,2-7H2,1H3. The van der Waals surface area contributed by atoms with E-state index >= 15 is 0 Å². The van der Waals surface area contributed by atoms with Gasteiger partial charge < -0.3 is 24.4 Å². The smallest absolute Gasteiger partial charge is 0.0813 e. The Morgan fingerprint density at radius 2 is 1.76 bits per heavy atom. The summed E-state index contributed by atoms with van der Waals surface area (Å²) in [5.41, 5.74) is 0. The molecule has 0 aromatic heterocycles. The predicted octanol–water partition coefficient (Wildman–Crippen LogP) is -0.0613. The summed E-state index contributed by atoms with van der Waals surface area (Å²) in [6.45, 7) is 3.65. The van der Waals surface area contributed by atoms with E-state index in [1.807, 2.05) is 0 Å². The van der Waals surface area contributed by atoms with E-state index in [-0.39, 0.29) is 25.2 Å². The minimum absolute atomic E-state index is 0.0190. The van der Waals surface area contributed by atoms with Gasteiger partial charge in [-0.05, 0) is 25.7 Å². The molecule has 4 unspecified atom stereocenters. The molecule has 2 rings (SSSR count). The van der Waals surface area contributed by atoms with Crippen LogP contribution in [0, 0.1) is 5.92 Å². The van der Waals surface area contributed by atoms with Crippen LogP contribution in [0.1, 0.15) is 19.8 Å². The van der Waals surface area contributed by atoms with Gasteiger partial charge in [-0.1, -0.05) is 0 Å². The van der Waals surface area contributed by atoms with Gasteiger partial charge in [0.25, 0.3) is 0 Å². The summed E-state index contributed by atoms with van der Waals surface area (Å²) in [5.74, 6) is 0.167. The first kappa shape index (κ1) is 13.2. The van der Waals surface area contributed by atoms with Crippen molar-refractivity contribution >= 4 is 0 Å². The second kappa shape index (κ2) is 6.11. The molecule has 5 nitrogen and oxygen atoms in total. The zero-order chi connectivity index (χ0) is 12.3. The first-order valence-corrected chi connectivity index (χ1v) is 6.32. The van der Waals surface area contributed by atoms with Gasteiger partial charge in [-0.25, -0.2) is 0 Å². The molecule has 0 aliphatic carbocycles. The average Bonchev–Trinajstić information content (AvgIpc) is 3.18. The minimum Gasteiger partial charge on any atom is -0.394 e. The average molecular weight is 246 g/mol. The van der Waals surface area contributed by atoms with E-state index in [0.29, 0.717) is 12.2 Å². The summed E-state index contributed by atoms with van der Waals surface area (Å²) in [6.07, 6.45) is 1.64. The fourth-order valence-electron chi connectivity index (χ4n) is 1.95. The molecule has 0 amide bonds. The molecule has 2 saturated heterocycles. The Kier molecular flexibility index (Phi) is 4.76. The molecule has 0 bridgehead atoms. The molecule has 17 heavy (non-hydrogen) atoms. The first-order chi connectivity index (χ1) is 8.19. The van der Waals surface area contributed by atoms with Crippen molar-refractivity contribution in [1.29, 1.82) is 0 Å². The lowest BCUT2D eigenvalue weighted by molar-refractivity contribution is -0.0458. The lowest BCUT2D eigenvalue weighted by Crippen LogP contribution is -2.30. The monoisotopic (exact) mass is 246 g/mol. The van der Waals surface area contributed by atoms with Crippen LogP contribution < -0.4 is 0 Å². The fraction of sp³-hybridized carbons (Fsp3) is 1.00. The highest BCUT2D eigenvalue weighted by molar-refractivity contribution is 4.83. The van der Waals surface area contributed by atoms with E-state index in [1.54, 1.807) is 6.92 Å².